The molecule has 1 atom stereocenters. The average Bonchev–Trinajstić information content (AvgIpc) is 3.30. The van der Waals surface area contributed by atoms with Crippen LogP contribution in [-0.4, -0.2) is 35.4 Å². The molecule has 0 spiro atoms. The van der Waals surface area contributed by atoms with Crippen LogP contribution < -0.4 is 10.1 Å². The van der Waals surface area contributed by atoms with Crippen LogP contribution in [0.5, 0.6) is 5.75 Å². The van der Waals surface area contributed by atoms with Crippen molar-refractivity contribution in [3.05, 3.63) is 63.6 Å². The Kier molecular flexibility index (Phi) is 8.74. The maximum absolute atomic E-state index is 13.2. The molecule has 1 fully saturated rings. The van der Waals surface area contributed by atoms with E-state index >= 15 is 0 Å². The van der Waals surface area contributed by atoms with Gasteiger partial charge in [0.15, 0.2) is 6.61 Å². The molecule has 0 aromatic heterocycles. The zero-order valence-electron chi connectivity index (χ0n) is 19.2. The van der Waals surface area contributed by atoms with Gasteiger partial charge in [-0.1, -0.05) is 55.7 Å². The average molecular weight is 501 g/mol. The summed E-state index contributed by atoms with van der Waals surface area (Å²) in [6.07, 6.45) is 5.23. The number of amides is 2. The number of benzene rings is 2. The molecule has 2 amide bonds. The Morgan fingerprint density at radius 3 is 2.41 bits per heavy atom. The molecular weight excluding hydrogens is 468 g/mol. The highest BCUT2D eigenvalue weighted by atomic mass is 79.9. The second-order valence-corrected chi connectivity index (χ2v) is 9.43. The molecular formula is C26H33BrN2O3. The van der Waals surface area contributed by atoms with Crippen LogP contribution in [0.15, 0.2) is 46.9 Å². The zero-order chi connectivity index (χ0) is 23.1. The van der Waals surface area contributed by atoms with Gasteiger partial charge < -0.3 is 15.0 Å². The van der Waals surface area contributed by atoms with Gasteiger partial charge >= 0.3 is 0 Å². The molecule has 0 aliphatic heterocycles. The van der Waals surface area contributed by atoms with E-state index in [2.05, 4.69) is 28.2 Å². The van der Waals surface area contributed by atoms with Gasteiger partial charge in [-0.2, -0.15) is 0 Å². The number of rotatable bonds is 9. The fourth-order valence-corrected chi connectivity index (χ4v) is 4.51. The minimum absolute atomic E-state index is 0.106. The second kappa shape index (κ2) is 11.5. The molecule has 6 heteroatoms. The molecule has 1 aliphatic rings. The predicted molar refractivity (Wildman–Crippen MR) is 131 cm³/mol. The highest BCUT2D eigenvalue weighted by Crippen LogP contribution is 2.26. The molecule has 1 N–H and O–H groups in total. The van der Waals surface area contributed by atoms with Crippen LogP contribution in [0.2, 0.25) is 0 Å². The van der Waals surface area contributed by atoms with Crippen molar-refractivity contribution in [3.63, 3.8) is 0 Å². The highest BCUT2D eigenvalue weighted by molar-refractivity contribution is 9.10. The summed E-state index contributed by atoms with van der Waals surface area (Å²) in [7, 11) is 0. The molecule has 0 bridgehead atoms. The van der Waals surface area contributed by atoms with Crippen LogP contribution in [0.4, 0.5) is 0 Å². The fourth-order valence-electron chi connectivity index (χ4n) is 3.97. The van der Waals surface area contributed by atoms with Crippen LogP contribution in [0.25, 0.3) is 0 Å². The smallest absolute Gasteiger partial charge is 0.261 e. The Balaban J connectivity index is 1.71. The molecule has 0 saturated heterocycles. The van der Waals surface area contributed by atoms with Crippen molar-refractivity contribution in [2.75, 3.05) is 6.61 Å². The summed E-state index contributed by atoms with van der Waals surface area (Å²) in [5, 5.41) is 3.12. The van der Waals surface area contributed by atoms with Gasteiger partial charge in [-0.05, 0) is 72.3 Å². The largest absolute Gasteiger partial charge is 0.483 e. The first-order valence-electron chi connectivity index (χ1n) is 11.4. The van der Waals surface area contributed by atoms with Gasteiger partial charge in [0.1, 0.15) is 11.8 Å². The maximum Gasteiger partial charge on any atom is 0.261 e. The summed E-state index contributed by atoms with van der Waals surface area (Å²) < 4.78 is 6.65. The van der Waals surface area contributed by atoms with Crippen LogP contribution in [0.3, 0.4) is 0 Å². The third-order valence-corrected chi connectivity index (χ3v) is 6.72. The number of carbonyl (C=O) groups excluding carboxylic acids is 2. The molecule has 1 saturated carbocycles. The van der Waals surface area contributed by atoms with E-state index in [0.29, 0.717) is 12.3 Å². The van der Waals surface area contributed by atoms with Crippen LogP contribution in [-0.2, 0) is 22.6 Å². The Morgan fingerprint density at radius 2 is 1.78 bits per heavy atom. The van der Waals surface area contributed by atoms with Crippen LogP contribution in [0, 0.1) is 6.92 Å². The first kappa shape index (κ1) is 24.3. The molecule has 0 heterocycles. The molecule has 172 valence electrons. The summed E-state index contributed by atoms with van der Waals surface area (Å²) in [6, 6.07) is 13.5. The third kappa shape index (κ3) is 6.58. The van der Waals surface area contributed by atoms with Gasteiger partial charge in [0.05, 0.1) is 4.47 Å². The lowest BCUT2D eigenvalue weighted by Crippen LogP contribution is -2.50. The first-order valence-corrected chi connectivity index (χ1v) is 12.2. The summed E-state index contributed by atoms with van der Waals surface area (Å²) in [5.74, 6) is 0.297. The molecule has 1 unspecified atom stereocenters. The topological polar surface area (TPSA) is 58.6 Å². The summed E-state index contributed by atoms with van der Waals surface area (Å²) in [5.41, 5.74) is 3.33. The number of ether oxygens (including phenoxy) is 1. The molecule has 1 aliphatic carbocycles. The van der Waals surface area contributed by atoms with E-state index in [0.717, 1.165) is 47.7 Å². The zero-order valence-corrected chi connectivity index (χ0v) is 20.8. The van der Waals surface area contributed by atoms with Crippen molar-refractivity contribution >= 4 is 27.7 Å². The lowest BCUT2D eigenvalue weighted by atomic mass is 10.1. The SMILES string of the molecule is CCc1ccc(OCC(=O)N(Cc2ccc(C)cc2)C(C)C(=O)NC2CCCC2)c(Br)c1. The van der Waals surface area contributed by atoms with Gasteiger partial charge in [0.25, 0.3) is 5.91 Å². The van der Waals surface area contributed by atoms with Crippen LogP contribution in [0.1, 0.15) is 56.2 Å². The first-order chi connectivity index (χ1) is 15.4. The molecule has 2 aromatic rings. The number of nitrogens with zero attached hydrogens (tertiary/aromatic N) is 1. The quantitative estimate of drug-likeness (QED) is 0.516. The molecule has 32 heavy (non-hydrogen) atoms. The number of hydrogen-bond acceptors (Lipinski definition) is 3. The number of aryl methyl sites for hydroxylation is 2. The normalized spacial score (nSPS) is 14.8. The Bertz CT molecular complexity index is 923. The van der Waals surface area contributed by atoms with E-state index in [1.54, 1.807) is 11.8 Å². The van der Waals surface area contributed by atoms with Crippen molar-refractivity contribution in [1.29, 1.82) is 0 Å². The van der Waals surface area contributed by atoms with Crippen molar-refractivity contribution < 1.29 is 14.3 Å². The number of nitrogens with one attached hydrogen (secondary N) is 1. The number of halogens is 1. The predicted octanol–water partition coefficient (Wildman–Crippen LogP) is 5.17. The van der Waals surface area contributed by atoms with Crippen molar-refractivity contribution in [2.45, 2.75) is 71.5 Å². The van der Waals surface area contributed by atoms with E-state index in [4.69, 9.17) is 4.74 Å². The van der Waals surface area contributed by atoms with E-state index in [-0.39, 0.29) is 24.5 Å². The Morgan fingerprint density at radius 1 is 1.12 bits per heavy atom. The minimum Gasteiger partial charge on any atom is -0.483 e. The Labute approximate surface area is 199 Å². The fraction of sp³-hybridized carbons (Fsp3) is 0.462. The van der Waals surface area contributed by atoms with E-state index in [9.17, 15) is 9.59 Å². The van der Waals surface area contributed by atoms with E-state index < -0.39 is 6.04 Å². The van der Waals surface area contributed by atoms with Crippen LogP contribution >= 0.6 is 15.9 Å². The standard InChI is InChI=1S/C26H33BrN2O3/c1-4-20-13-14-24(23(27)15-20)32-17-25(30)29(16-21-11-9-18(2)10-12-21)19(3)26(31)28-22-7-5-6-8-22/h9-15,19,22H,4-8,16-17H2,1-3H3,(H,28,31). The molecule has 0 radical (unpaired) electrons. The minimum atomic E-state index is -0.584. The summed E-state index contributed by atoms with van der Waals surface area (Å²) >= 11 is 3.52. The molecule has 3 rings (SSSR count). The third-order valence-electron chi connectivity index (χ3n) is 6.10. The number of hydrogen-bond donors (Lipinski definition) is 1. The van der Waals surface area contributed by atoms with Gasteiger partial charge in [-0.15, -0.1) is 0 Å². The number of carbonyl (C=O) groups is 2. The lowest BCUT2D eigenvalue weighted by molar-refractivity contribution is -0.142. The molecule has 2 aromatic carbocycles. The van der Waals surface area contributed by atoms with Crippen molar-refractivity contribution in [1.82, 2.24) is 10.2 Å². The maximum atomic E-state index is 13.2. The monoisotopic (exact) mass is 500 g/mol. The highest BCUT2D eigenvalue weighted by Gasteiger charge is 2.28. The van der Waals surface area contributed by atoms with Gasteiger partial charge in [0, 0.05) is 12.6 Å². The molecule has 5 nitrogen and oxygen atoms in total. The second-order valence-electron chi connectivity index (χ2n) is 8.58. The lowest BCUT2D eigenvalue weighted by Gasteiger charge is -2.29. The van der Waals surface area contributed by atoms with E-state index in [1.165, 1.54) is 5.56 Å². The van der Waals surface area contributed by atoms with E-state index in [1.807, 2.05) is 49.4 Å². The Hall–Kier alpha value is -2.34. The van der Waals surface area contributed by atoms with Gasteiger partial charge in [-0.25, -0.2) is 0 Å². The summed E-state index contributed by atoms with van der Waals surface area (Å²) in [4.78, 5) is 27.8. The van der Waals surface area contributed by atoms with Gasteiger partial charge in [-0.3, -0.25) is 9.59 Å². The van der Waals surface area contributed by atoms with Crippen molar-refractivity contribution in [2.24, 2.45) is 0 Å². The van der Waals surface area contributed by atoms with Gasteiger partial charge in [0.2, 0.25) is 5.91 Å². The summed E-state index contributed by atoms with van der Waals surface area (Å²) in [6.45, 7) is 6.14. The van der Waals surface area contributed by atoms with Crippen molar-refractivity contribution in [3.8, 4) is 5.75 Å².